The topological polar surface area (TPSA) is 70.1 Å². The summed E-state index contributed by atoms with van der Waals surface area (Å²) in [4.78, 5) is 13.7. The van der Waals surface area contributed by atoms with E-state index in [-0.39, 0.29) is 5.91 Å². The zero-order chi connectivity index (χ0) is 14.3. The maximum absolute atomic E-state index is 12.0. The van der Waals surface area contributed by atoms with E-state index in [1.165, 1.54) is 0 Å². The van der Waals surface area contributed by atoms with Gasteiger partial charge >= 0.3 is 0 Å². The number of amides is 1. The molecule has 4 heteroatoms. The van der Waals surface area contributed by atoms with Gasteiger partial charge in [-0.1, -0.05) is 31.9 Å². The van der Waals surface area contributed by atoms with Crippen molar-refractivity contribution in [2.75, 3.05) is 7.05 Å². The lowest BCUT2D eigenvalue weighted by Gasteiger charge is -2.21. The highest BCUT2D eigenvalue weighted by Crippen LogP contribution is 2.08. The van der Waals surface area contributed by atoms with Gasteiger partial charge in [0.2, 0.25) is 5.91 Å². The Bertz CT molecular complexity index is 447. The summed E-state index contributed by atoms with van der Waals surface area (Å²) in [5, 5.41) is 8.72. The highest BCUT2D eigenvalue weighted by molar-refractivity contribution is 5.81. The monoisotopic (exact) mass is 259 g/mol. The Hall–Kier alpha value is -1.86. The lowest BCUT2D eigenvalue weighted by molar-refractivity contribution is -0.132. The number of nitrogens with zero attached hydrogens (tertiary/aromatic N) is 2. The van der Waals surface area contributed by atoms with Gasteiger partial charge in [0, 0.05) is 13.6 Å². The van der Waals surface area contributed by atoms with Gasteiger partial charge in [-0.05, 0) is 24.1 Å². The summed E-state index contributed by atoms with van der Waals surface area (Å²) >= 11 is 0. The van der Waals surface area contributed by atoms with Crippen LogP contribution in [0.3, 0.4) is 0 Å². The second-order valence-corrected chi connectivity index (χ2v) is 4.75. The summed E-state index contributed by atoms with van der Waals surface area (Å²) in [6.07, 6.45) is 2.74. The molecule has 0 unspecified atom stereocenters. The number of carbonyl (C=O) groups is 1. The number of unbranched alkanes of at least 4 members (excludes halogenated alkanes) is 1. The van der Waals surface area contributed by atoms with Crippen LogP contribution in [0.1, 0.15) is 37.3 Å². The maximum atomic E-state index is 12.0. The lowest BCUT2D eigenvalue weighted by Crippen LogP contribution is -2.41. The number of hydrogen-bond donors (Lipinski definition) is 1. The van der Waals surface area contributed by atoms with Crippen LogP contribution in [0.5, 0.6) is 0 Å². The molecule has 0 saturated heterocycles. The lowest BCUT2D eigenvalue weighted by atomic mass is 10.1. The Morgan fingerprint density at radius 2 is 2.05 bits per heavy atom. The fraction of sp³-hybridized carbons (Fsp3) is 0.467. The molecule has 4 nitrogen and oxygen atoms in total. The standard InChI is InChI=1S/C15H21N3O/c1-3-4-5-14(17)15(19)18(2)11-13-8-6-12(10-16)7-9-13/h6-9,14H,3-5,11,17H2,1-2H3/t14-/m0/s1. The molecule has 19 heavy (non-hydrogen) atoms. The van der Waals surface area contributed by atoms with Crippen molar-refractivity contribution in [3.63, 3.8) is 0 Å². The number of rotatable bonds is 6. The van der Waals surface area contributed by atoms with E-state index in [1.54, 1.807) is 24.1 Å². The summed E-state index contributed by atoms with van der Waals surface area (Å²) in [5.41, 5.74) is 7.49. The SMILES string of the molecule is CCCC[C@H](N)C(=O)N(C)Cc1ccc(C#N)cc1. The van der Waals surface area contributed by atoms with Gasteiger partial charge in [0.05, 0.1) is 17.7 Å². The van der Waals surface area contributed by atoms with Gasteiger partial charge in [-0.3, -0.25) is 4.79 Å². The average molecular weight is 259 g/mol. The Morgan fingerprint density at radius 1 is 1.42 bits per heavy atom. The van der Waals surface area contributed by atoms with Gasteiger partial charge in [-0.2, -0.15) is 5.26 Å². The predicted octanol–water partition coefficient (Wildman–Crippen LogP) is 2.03. The smallest absolute Gasteiger partial charge is 0.239 e. The van der Waals surface area contributed by atoms with Gasteiger partial charge in [0.1, 0.15) is 0 Å². The van der Waals surface area contributed by atoms with E-state index < -0.39 is 6.04 Å². The fourth-order valence-electron chi connectivity index (χ4n) is 1.87. The minimum Gasteiger partial charge on any atom is -0.340 e. The largest absolute Gasteiger partial charge is 0.340 e. The molecule has 0 aliphatic carbocycles. The summed E-state index contributed by atoms with van der Waals surface area (Å²) in [6, 6.07) is 8.89. The molecule has 1 aromatic rings. The third-order valence-electron chi connectivity index (χ3n) is 3.06. The number of carbonyl (C=O) groups excluding carboxylic acids is 1. The third kappa shape index (κ3) is 4.72. The van der Waals surface area contributed by atoms with Crippen molar-refractivity contribution < 1.29 is 4.79 Å². The molecular formula is C15H21N3O. The molecule has 1 amide bonds. The van der Waals surface area contributed by atoms with Crippen LogP contribution in [0, 0.1) is 11.3 Å². The van der Waals surface area contributed by atoms with Crippen LogP contribution in [0.2, 0.25) is 0 Å². The van der Waals surface area contributed by atoms with E-state index in [1.807, 2.05) is 12.1 Å². The Balaban J connectivity index is 2.55. The highest BCUT2D eigenvalue weighted by Gasteiger charge is 2.17. The number of hydrogen-bond acceptors (Lipinski definition) is 3. The van der Waals surface area contributed by atoms with Crippen molar-refractivity contribution in [3.8, 4) is 6.07 Å². The number of nitriles is 1. The summed E-state index contributed by atoms with van der Waals surface area (Å²) in [7, 11) is 1.76. The first-order valence-corrected chi connectivity index (χ1v) is 6.58. The molecular weight excluding hydrogens is 238 g/mol. The van der Waals surface area contributed by atoms with Gasteiger partial charge < -0.3 is 10.6 Å². The van der Waals surface area contributed by atoms with Crippen LogP contribution in [0.4, 0.5) is 0 Å². The summed E-state index contributed by atoms with van der Waals surface area (Å²) < 4.78 is 0. The van der Waals surface area contributed by atoms with Crippen molar-refractivity contribution in [2.45, 2.75) is 38.8 Å². The van der Waals surface area contributed by atoms with Gasteiger partial charge in [-0.15, -0.1) is 0 Å². The second-order valence-electron chi connectivity index (χ2n) is 4.75. The zero-order valence-corrected chi connectivity index (χ0v) is 11.6. The molecule has 0 radical (unpaired) electrons. The van der Waals surface area contributed by atoms with Crippen LogP contribution in [-0.4, -0.2) is 23.9 Å². The Morgan fingerprint density at radius 3 is 2.58 bits per heavy atom. The molecule has 0 aliphatic rings. The quantitative estimate of drug-likeness (QED) is 0.849. The minimum absolute atomic E-state index is 0.0298. The van der Waals surface area contributed by atoms with Gasteiger partial charge in [0.15, 0.2) is 0 Å². The Kier molecular flexibility index (Phi) is 6.04. The first kappa shape index (κ1) is 15.2. The molecule has 1 aromatic carbocycles. The maximum Gasteiger partial charge on any atom is 0.239 e. The number of likely N-dealkylation sites (N-methyl/N-ethyl adjacent to an activating group) is 1. The number of benzene rings is 1. The average Bonchev–Trinajstić information content (AvgIpc) is 2.44. The molecule has 0 fully saturated rings. The zero-order valence-electron chi connectivity index (χ0n) is 11.6. The molecule has 1 atom stereocenters. The molecule has 102 valence electrons. The summed E-state index contributed by atoms with van der Waals surface area (Å²) in [6.45, 7) is 2.60. The van der Waals surface area contributed by atoms with Crippen LogP contribution in [0.15, 0.2) is 24.3 Å². The van der Waals surface area contributed by atoms with E-state index >= 15 is 0 Å². The molecule has 0 saturated carbocycles. The van der Waals surface area contributed by atoms with E-state index in [0.717, 1.165) is 24.8 Å². The molecule has 0 bridgehead atoms. The van der Waals surface area contributed by atoms with Crippen molar-refractivity contribution in [2.24, 2.45) is 5.73 Å². The normalized spacial score (nSPS) is 11.7. The molecule has 2 N–H and O–H groups in total. The fourth-order valence-corrected chi connectivity index (χ4v) is 1.87. The molecule has 0 aliphatic heterocycles. The van der Waals surface area contributed by atoms with Crippen LogP contribution >= 0.6 is 0 Å². The van der Waals surface area contributed by atoms with Crippen LogP contribution < -0.4 is 5.73 Å². The second kappa shape index (κ2) is 7.55. The van der Waals surface area contributed by atoms with Gasteiger partial charge in [0.25, 0.3) is 0 Å². The van der Waals surface area contributed by atoms with E-state index in [0.29, 0.717) is 12.1 Å². The number of nitrogens with two attached hydrogens (primary N) is 1. The van der Waals surface area contributed by atoms with Crippen molar-refractivity contribution in [3.05, 3.63) is 35.4 Å². The first-order chi connectivity index (χ1) is 9.08. The molecule has 0 heterocycles. The van der Waals surface area contributed by atoms with E-state index in [9.17, 15) is 4.79 Å². The molecule has 0 aromatic heterocycles. The van der Waals surface area contributed by atoms with E-state index in [4.69, 9.17) is 11.0 Å². The van der Waals surface area contributed by atoms with Crippen molar-refractivity contribution >= 4 is 5.91 Å². The van der Waals surface area contributed by atoms with Gasteiger partial charge in [-0.25, -0.2) is 0 Å². The van der Waals surface area contributed by atoms with Crippen LogP contribution in [-0.2, 0) is 11.3 Å². The first-order valence-electron chi connectivity index (χ1n) is 6.58. The molecule has 0 spiro atoms. The highest BCUT2D eigenvalue weighted by atomic mass is 16.2. The van der Waals surface area contributed by atoms with Crippen molar-refractivity contribution in [1.82, 2.24) is 4.90 Å². The Labute approximate surface area is 114 Å². The third-order valence-corrected chi connectivity index (χ3v) is 3.06. The predicted molar refractivity (Wildman–Crippen MR) is 75.1 cm³/mol. The molecule has 1 rings (SSSR count). The summed E-state index contributed by atoms with van der Waals surface area (Å²) in [5.74, 6) is -0.0298. The van der Waals surface area contributed by atoms with Crippen LogP contribution in [0.25, 0.3) is 0 Å². The minimum atomic E-state index is -0.414. The van der Waals surface area contributed by atoms with E-state index in [2.05, 4.69) is 13.0 Å². The van der Waals surface area contributed by atoms with Crippen molar-refractivity contribution in [1.29, 1.82) is 5.26 Å².